The van der Waals surface area contributed by atoms with Crippen molar-refractivity contribution >= 4 is 11.6 Å². The van der Waals surface area contributed by atoms with Crippen molar-refractivity contribution in [3.8, 4) is 0 Å². The molecule has 3 nitrogen and oxygen atoms in total. The van der Waals surface area contributed by atoms with E-state index in [1.807, 2.05) is 33.8 Å². The molecular formula is C20H30O3. The Bertz CT molecular complexity index is 515. The van der Waals surface area contributed by atoms with Gasteiger partial charge in [0.25, 0.3) is 0 Å². The minimum absolute atomic E-state index is 0.0104. The predicted octanol–water partition coefficient (Wildman–Crippen LogP) is 4.48. The molecule has 128 valence electrons. The van der Waals surface area contributed by atoms with Gasteiger partial charge in [-0.25, -0.2) is 0 Å². The van der Waals surface area contributed by atoms with Crippen LogP contribution < -0.4 is 0 Å². The van der Waals surface area contributed by atoms with Crippen LogP contribution in [0, 0.1) is 0 Å². The van der Waals surface area contributed by atoms with E-state index in [1.54, 1.807) is 12.2 Å². The topological polar surface area (TPSA) is 54.4 Å². The third-order valence-electron chi connectivity index (χ3n) is 3.42. The summed E-state index contributed by atoms with van der Waals surface area (Å²) in [5.74, 6) is 0.183. The SMILES string of the molecule is C=C(CC/C=C(\C)CC(=O)C=C(C)C)C(=O)CC/C(C)=C/CO. The second kappa shape index (κ2) is 11.8. The summed E-state index contributed by atoms with van der Waals surface area (Å²) in [5, 5.41) is 8.78. The van der Waals surface area contributed by atoms with Gasteiger partial charge in [0.15, 0.2) is 11.6 Å². The fraction of sp³-hybridized carbons (Fsp3) is 0.500. The van der Waals surface area contributed by atoms with E-state index in [4.69, 9.17) is 5.11 Å². The first kappa shape index (κ1) is 21.3. The highest BCUT2D eigenvalue weighted by molar-refractivity contribution is 5.94. The van der Waals surface area contributed by atoms with Crippen LogP contribution in [0.5, 0.6) is 0 Å². The molecule has 1 N–H and O–H groups in total. The van der Waals surface area contributed by atoms with Crippen LogP contribution in [0.25, 0.3) is 0 Å². The van der Waals surface area contributed by atoms with Gasteiger partial charge in [0, 0.05) is 12.8 Å². The maximum atomic E-state index is 12.0. The molecule has 0 aliphatic rings. The third kappa shape index (κ3) is 11.5. The average molecular weight is 318 g/mol. The van der Waals surface area contributed by atoms with Gasteiger partial charge in [-0.3, -0.25) is 9.59 Å². The maximum absolute atomic E-state index is 12.0. The summed E-state index contributed by atoms with van der Waals surface area (Å²) in [5.41, 5.74) is 3.67. The lowest BCUT2D eigenvalue weighted by molar-refractivity contribution is -0.116. The van der Waals surface area contributed by atoms with Crippen LogP contribution in [0.2, 0.25) is 0 Å². The van der Waals surface area contributed by atoms with Crippen molar-refractivity contribution in [2.75, 3.05) is 6.61 Å². The molecule has 23 heavy (non-hydrogen) atoms. The zero-order valence-electron chi connectivity index (χ0n) is 14.9. The Morgan fingerprint density at radius 2 is 1.61 bits per heavy atom. The number of ketones is 2. The Morgan fingerprint density at radius 1 is 0.957 bits per heavy atom. The highest BCUT2D eigenvalue weighted by Crippen LogP contribution is 2.13. The quantitative estimate of drug-likeness (QED) is 0.451. The number of aliphatic hydroxyl groups excluding tert-OH is 1. The zero-order valence-corrected chi connectivity index (χ0v) is 14.9. The monoisotopic (exact) mass is 318 g/mol. The van der Waals surface area contributed by atoms with E-state index in [0.717, 1.165) is 23.1 Å². The second-order valence-electron chi connectivity index (χ2n) is 6.21. The number of allylic oxidation sites excluding steroid dienone is 6. The van der Waals surface area contributed by atoms with Gasteiger partial charge in [0.05, 0.1) is 6.61 Å². The number of aliphatic hydroxyl groups is 1. The lowest BCUT2D eigenvalue weighted by atomic mass is 10.00. The highest BCUT2D eigenvalue weighted by Gasteiger charge is 2.07. The summed E-state index contributed by atoms with van der Waals surface area (Å²) in [6.45, 7) is 11.5. The van der Waals surface area contributed by atoms with Crippen molar-refractivity contribution in [3.63, 3.8) is 0 Å². The Kier molecular flexibility index (Phi) is 10.9. The van der Waals surface area contributed by atoms with Crippen molar-refractivity contribution < 1.29 is 14.7 Å². The second-order valence-corrected chi connectivity index (χ2v) is 6.21. The van der Waals surface area contributed by atoms with E-state index in [1.165, 1.54) is 0 Å². The van der Waals surface area contributed by atoms with E-state index in [2.05, 4.69) is 6.58 Å². The van der Waals surface area contributed by atoms with E-state index < -0.39 is 0 Å². The number of carbonyl (C=O) groups excluding carboxylic acids is 2. The normalized spacial score (nSPS) is 12.0. The van der Waals surface area contributed by atoms with Crippen LogP contribution in [0.1, 0.15) is 59.8 Å². The van der Waals surface area contributed by atoms with Crippen LogP contribution in [0.3, 0.4) is 0 Å². The molecule has 0 radical (unpaired) electrons. The van der Waals surface area contributed by atoms with E-state index in [9.17, 15) is 9.59 Å². The van der Waals surface area contributed by atoms with Gasteiger partial charge in [-0.15, -0.1) is 0 Å². The van der Waals surface area contributed by atoms with Crippen LogP contribution in [-0.4, -0.2) is 23.3 Å². The molecule has 3 heteroatoms. The molecule has 0 unspecified atom stereocenters. The van der Waals surface area contributed by atoms with Crippen molar-refractivity contribution in [2.45, 2.75) is 59.8 Å². The molecule has 0 heterocycles. The molecule has 0 aliphatic carbocycles. The fourth-order valence-electron chi connectivity index (χ4n) is 2.10. The van der Waals surface area contributed by atoms with Gasteiger partial charge in [0.2, 0.25) is 0 Å². The van der Waals surface area contributed by atoms with Gasteiger partial charge in [-0.2, -0.15) is 0 Å². The summed E-state index contributed by atoms with van der Waals surface area (Å²) in [6.07, 6.45) is 8.24. The summed E-state index contributed by atoms with van der Waals surface area (Å²) >= 11 is 0. The summed E-state index contributed by atoms with van der Waals surface area (Å²) in [7, 11) is 0. The summed E-state index contributed by atoms with van der Waals surface area (Å²) < 4.78 is 0. The summed E-state index contributed by atoms with van der Waals surface area (Å²) in [4.78, 5) is 23.6. The van der Waals surface area contributed by atoms with Gasteiger partial charge in [0.1, 0.15) is 0 Å². The predicted molar refractivity (Wildman–Crippen MR) is 96.3 cm³/mol. The molecule has 0 aliphatic heterocycles. The van der Waals surface area contributed by atoms with Crippen LogP contribution in [0.4, 0.5) is 0 Å². The molecule has 0 fully saturated rings. The Labute approximate surface area is 140 Å². The number of hydrogen-bond donors (Lipinski definition) is 1. The molecule has 0 aromatic rings. The minimum Gasteiger partial charge on any atom is -0.392 e. The zero-order chi connectivity index (χ0) is 17.8. The number of rotatable bonds is 11. The van der Waals surface area contributed by atoms with Crippen molar-refractivity contribution in [1.82, 2.24) is 0 Å². The highest BCUT2D eigenvalue weighted by atomic mass is 16.2. The lowest BCUT2D eigenvalue weighted by Gasteiger charge is -2.05. The fourth-order valence-corrected chi connectivity index (χ4v) is 2.10. The molecule has 0 aromatic heterocycles. The Balaban J connectivity index is 4.20. The number of Topliss-reactive ketones (excluding diaryl/α,β-unsaturated/α-hetero) is 1. The van der Waals surface area contributed by atoms with Gasteiger partial charge in [-0.1, -0.05) is 35.5 Å². The van der Waals surface area contributed by atoms with Crippen molar-refractivity contribution in [2.24, 2.45) is 0 Å². The molecule has 0 atom stereocenters. The largest absolute Gasteiger partial charge is 0.392 e. The van der Waals surface area contributed by atoms with Crippen molar-refractivity contribution in [3.05, 3.63) is 47.1 Å². The lowest BCUT2D eigenvalue weighted by Crippen LogP contribution is -2.02. The van der Waals surface area contributed by atoms with E-state index in [-0.39, 0.29) is 18.2 Å². The molecule has 0 rings (SSSR count). The maximum Gasteiger partial charge on any atom is 0.159 e. The molecule has 0 aromatic carbocycles. The molecule has 0 saturated heterocycles. The van der Waals surface area contributed by atoms with E-state index >= 15 is 0 Å². The number of hydrogen-bond acceptors (Lipinski definition) is 3. The van der Waals surface area contributed by atoms with Crippen molar-refractivity contribution in [1.29, 1.82) is 0 Å². The molecule has 0 amide bonds. The number of carbonyl (C=O) groups is 2. The van der Waals surface area contributed by atoms with Gasteiger partial charge < -0.3 is 5.11 Å². The average Bonchev–Trinajstić information content (AvgIpc) is 2.43. The first-order valence-corrected chi connectivity index (χ1v) is 8.07. The van der Waals surface area contributed by atoms with Gasteiger partial charge in [-0.05, 0) is 58.6 Å². The third-order valence-corrected chi connectivity index (χ3v) is 3.42. The molecule has 0 spiro atoms. The van der Waals surface area contributed by atoms with E-state index in [0.29, 0.717) is 31.3 Å². The van der Waals surface area contributed by atoms with Crippen LogP contribution in [-0.2, 0) is 9.59 Å². The van der Waals surface area contributed by atoms with Gasteiger partial charge >= 0.3 is 0 Å². The molecule has 0 saturated carbocycles. The smallest absolute Gasteiger partial charge is 0.159 e. The molecular weight excluding hydrogens is 288 g/mol. The van der Waals surface area contributed by atoms with Crippen LogP contribution in [0.15, 0.2) is 47.1 Å². The summed E-state index contributed by atoms with van der Waals surface area (Å²) in [6, 6.07) is 0. The minimum atomic E-state index is 0.0104. The standard InChI is InChI=1S/C20H30O3/c1-15(2)13-19(22)14-17(4)7-6-8-18(5)20(23)10-9-16(3)11-12-21/h7,11,13,21H,5-6,8-10,12,14H2,1-4H3/b16-11+,17-7+. The first-order chi connectivity index (χ1) is 10.8. The first-order valence-electron chi connectivity index (χ1n) is 8.07. The Morgan fingerprint density at radius 3 is 2.17 bits per heavy atom. The Hall–Kier alpha value is -1.74. The van der Waals surface area contributed by atoms with Crippen LogP contribution >= 0.6 is 0 Å². The molecule has 0 bridgehead atoms.